The Morgan fingerprint density at radius 1 is 1.28 bits per heavy atom. The van der Waals surface area contributed by atoms with Gasteiger partial charge in [-0.05, 0) is 56.6 Å². The molecule has 1 aliphatic carbocycles. The van der Waals surface area contributed by atoms with Gasteiger partial charge in [-0.1, -0.05) is 38.3 Å². The fourth-order valence-electron chi connectivity index (χ4n) is 2.86. The van der Waals surface area contributed by atoms with Crippen LogP contribution in [0, 0.1) is 5.92 Å². The average molecular weight is 269 g/mol. The maximum atomic E-state index is 3.79. The van der Waals surface area contributed by atoms with Gasteiger partial charge in [0.05, 0.1) is 0 Å². The van der Waals surface area contributed by atoms with Crippen molar-refractivity contribution < 1.29 is 0 Å². The molecule has 0 heterocycles. The number of allylic oxidation sites excluding steroid dienone is 1. The van der Waals surface area contributed by atoms with Crippen LogP contribution in [0.5, 0.6) is 0 Å². The summed E-state index contributed by atoms with van der Waals surface area (Å²) >= 11 is 1.98. The first-order valence-electron chi connectivity index (χ1n) is 7.70. The third-order valence-electron chi connectivity index (χ3n) is 3.84. The molecule has 1 nitrogen and oxygen atoms in total. The monoisotopic (exact) mass is 269 g/mol. The van der Waals surface area contributed by atoms with Crippen molar-refractivity contribution in [3.05, 3.63) is 11.6 Å². The zero-order chi connectivity index (χ0) is 13.2. The molecule has 0 amide bonds. The van der Waals surface area contributed by atoms with Crippen LogP contribution in [-0.4, -0.2) is 24.6 Å². The largest absolute Gasteiger partial charge is 0.310 e. The van der Waals surface area contributed by atoms with Crippen LogP contribution in [0.2, 0.25) is 0 Å². The zero-order valence-electron chi connectivity index (χ0n) is 12.5. The second-order valence-electron chi connectivity index (χ2n) is 5.60. The molecule has 2 atom stereocenters. The van der Waals surface area contributed by atoms with Crippen LogP contribution in [0.4, 0.5) is 0 Å². The Kier molecular flexibility index (Phi) is 8.87. The van der Waals surface area contributed by atoms with Crippen LogP contribution in [0.3, 0.4) is 0 Å². The number of nitrogens with one attached hydrogen (secondary N) is 1. The van der Waals surface area contributed by atoms with Crippen LogP contribution < -0.4 is 5.32 Å². The van der Waals surface area contributed by atoms with Gasteiger partial charge in [-0.2, -0.15) is 11.8 Å². The molecule has 1 N–H and O–H groups in total. The summed E-state index contributed by atoms with van der Waals surface area (Å²) in [6, 6.07) is 0.621. The average Bonchev–Trinajstić information content (AvgIpc) is 2.31. The maximum Gasteiger partial charge on any atom is 0.0313 e. The molecular formula is C16H31NS. The van der Waals surface area contributed by atoms with Crippen molar-refractivity contribution in [3.8, 4) is 0 Å². The quantitative estimate of drug-likeness (QED) is 0.676. The van der Waals surface area contributed by atoms with Crippen LogP contribution in [0.15, 0.2) is 11.6 Å². The van der Waals surface area contributed by atoms with Crippen molar-refractivity contribution in [1.29, 1.82) is 0 Å². The summed E-state index contributed by atoms with van der Waals surface area (Å²) in [4.78, 5) is 0. The predicted octanol–water partition coefficient (Wildman–Crippen LogP) is 4.63. The summed E-state index contributed by atoms with van der Waals surface area (Å²) in [5.74, 6) is 2.01. The molecule has 0 aliphatic heterocycles. The standard InChI is InChI=1S/C16H31NS/c1-4-12-17-16(14(2)13-18-3)15-10-8-6-5-7-9-11-15/h10,14,16-17H,4-9,11-13H2,1-3H3. The second-order valence-corrected chi connectivity index (χ2v) is 6.51. The molecular weight excluding hydrogens is 238 g/mol. The number of rotatable bonds is 7. The van der Waals surface area contributed by atoms with E-state index >= 15 is 0 Å². The fraction of sp³-hybridized carbons (Fsp3) is 0.875. The molecule has 106 valence electrons. The van der Waals surface area contributed by atoms with Crippen molar-refractivity contribution in [1.82, 2.24) is 5.32 Å². The lowest BCUT2D eigenvalue weighted by Crippen LogP contribution is -2.38. The van der Waals surface area contributed by atoms with Crippen molar-refractivity contribution in [3.63, 3.8) is 0 Å². The Morgan fingerprint density at radius 3 is 2.78 bits per heavy atom. The van der Waals surface area contributed by atoms with Crippen molar-refractivity contribution in [2.24, 2.45) is 5.92 Å². The Bertz CT molecular complexity index is 237. The van der Waals surface area contributed by atoms with E-state index in [9.17, 15) is 0 Å². The molecule has 18 heavy (non-hydrogen) atoms. The summed E-state index contributed by atoms with van der Waals surface area (Å²) < 4.78 is 0. The molecule has 0 saturated heterocycles. The van der Waals surface area contributed by atoms with Gasteiger partial charge in [-0.3, -0.25) is 0 Å². The summed E-state index contributed by atoms with van der Waals surface area (Å²) in [7, 11) is 0. The maximum absolute atomic E-state index is 3.79. The molecule has 0 aromatic rings. The highest BCUT2D eigenvalue weighted by Gasteiger charge is 2.20. The minimum absolute atomic E-state index is 0.621. The first-order chi connectivity index (χ1) is 8.79. The van der Waals surface area contributed by atoms with Crippen LogP contribution in [0.1, 0.15) is 58.8 Å². The van der Waals surface area contributed by atoms with Gasteiger partial charge in [0.25, 0.3) is 0 Å². The Hall–Kier alpha value is 0.0500. The smallest absolute Gasteiger partial charge is 0.0313 e. The predicted molar refractivity (Wildman–Crippen MR) is 85.4 cm³/mol. The summed E-state index contributed by atoms with van der Waals surface area (Å²) in [5, 5.41) is 3.79. The highest BCUT2D eigenvalue weighted by atomic mass is 32.2. The lowest BCUT2D eigenvalue weighted by atomic mass is 9.89. The van der Waals surface area contributed by atoms with E-state index in [1.54, 1.807) is 5.57 Å². The number of hydrogen-bond donors (Lipinski definition) is 1. The van der Waals surface area contributed by atoms with E-state index < -0.39 is 0 Å². The molecule has 2 unspecified atom stereocenters. The zero-order valence-corrected chi connectivity index (χ0v) is 13.3. The van der Waals surface area contributed by atoms with Gasteiger partial charge in [0.2, 0.25) is 0 Å². The third-order valence-corrected chi connectivity index (χ3v) is 4.70. The summed E-state index contributed by atoms with van der Waals surface area (Å²) in [6.07, 6.45) is 14.2. The van der Waals surface area contributed by atoms with Gasteiger partial charge < -0.3 is 5.32 Å². The SMILES string of the molecule is CCCNC(C1=CCCCCCC1)C(C)CSC. The molecule has 2 heteroatoms. The highest BCUT2D eigenvalue weighted by Crippen LogP contribution is 2.24. The molecule has 0 radical (unpaired) electrons. The fourth-order valence-corrected chi connectivity index (χ4v) is 3.57. The number of hydrogen-bond acceptors (Lipinski definition) is 2. The summed E-state index contributed by atoms with van der Waals surface area (Å²) in [6.45, 7) is 5.82. The lowest BCUT2D eigenvalue weighted by Gasteiger charge is -2.28. The second kappa shape index (κ2) is 9.91. The minimum atomic E-state index is 0.621. The lowest BCUT2D eigenvalue weighted by molar-refractivity contribution is 0.433. The Balaban J connectivity index is 2.65. The first kappa shape index (κ1) is 16.1. The van der Waals surface area contributed by atoms with E-state index in [4.69, 9.17) is 0 Å². The molecule has 0 bridgehead atoms. The van der Waals surface area contributed by atoms with E-state index in [1.807, 2.05) is 11.8 Å². The van der Waals surface area contributed by atoms with E-state index in [1.165, 1.54) is 50.7 Å². The topological polar surface area (TPSA) is 12.0 Å². The van der Waals surface area contributed by atoms with Crippen molar-refractivity contribution in [2.45, 2.75) is 64.8 Å². The van der Waals surface area contributed by atoms with E-state index in [0.717, 1.165) is 12.5 Å². The molecule has 0 aromatic carbocycles. The first-order valence-corrected chi connectivity index (χ1v) is 9.10. The van der Waals surface area contributed by atoms with Crippen molar-refractivity contribution >= 4 is 11.8 Å². The number of thioether (sulfide) groups is 1. The van der Waals surface area contributed by atoms with Gasteiger partial charge in [-0.15, -0.1) is 0 Å². The van der Waals surface area contributed by atoms with Gasteiger partial charge in [0.1, 0.15) is 0 Å². The van der Waals surface area contributed by atoms with E-state index in [-0.39, 0.29) is 0 Å². The molecule has 1 aliphatic rings. The van der Waals surface area contributed by atoms with Crippen LogP contribution >= 0.6 is 11.8 Å². The normalized spacial score (nSPS) is 20.7. The van der Waals surface area contributed by atoms with Gasteiger partial charge >= 0.3 is 0 Å². The molecule has 0 fully saturated rings. The van der Waals surface area contributed by atoms with Gasteiger partial charge in [0, 0.05) is 6.04 Å². The molecule has 0 aromatic heterocycles. The third kappa shape index (κ3) is 5.79. The van der Waals surface area contributed by atoms with E-state index in [2.05, 4.69) is 31.5 Å². The van der Waals surface area contributed by atoms with Crippen LogP contribution in [-0.2, 0) is 0 Å². The summed E-state index contributed by atoms with van der Waals surface area (Å²) in [5.41, 5.74) is 1.70. The van der Waals surface area contributed by atoms with Crippen molar-refractivity contribution in [2.75, 3.05) is 18.6 Å². The van der Waals surface area contributed by atoms with E-state index in [0.29, 0.717) is 6.04 Å². The molecule has 1 rings (SSSR count). The minimum Gasteiger partial charge on any atom is -0.310 e. The highest BCUT2D eigenvalue weighted by molar-refractivity contribution is 7.98. The Morgan fingerprint density at radius 2 is 2.06 bits per heavy atom. The molecule has 0 saturated carbocycles. The molecule has 0 spiro atoms. The Labute approximate surface area is 118 Å². The van der Waals surface area contributed by atoms with Crippen LogP contribution in [0.25, 0.3) is 0 Å². The van der Waals surface area contributed by atoms with Gasteiger partial charge in [-0.25, -0.2) is 0 Å². The van der Waals surface area contributed by atoms with Gasteiger partial charge in [0.15, 0.2) is 0 Å².